The van der Waals surface area contributed by atoms with E-state index in [-0.39, 0.29) is 6.54 Å². The van der Waals surface area contributed by atoms with Crippen molar-refractivity contribution in [1.82, 2.24) is 4.90 Å². The molecular formula is C12H15NO4. The van der Waals surface area contributed by atoms with Gasteiger partial charge in [0.25, 0.3) is 0 Å². The smallest absolute Gasteiger partial charge is 0.450 e. The van der Waals surface area contributed by atoms with Crippen LogP contribution in [0.1, 0.15) is 12.0 Å². The Balaban J connectivity index is 1.92. The normalized spacial score (nSPS) is 24.8. The third-order valence-electron chi connectivity index (χ3n) is 2.82. The summed E-state index contributed by atoms with van der Waals surface area (Å²) in [4.78, 5) is 12.4. The zero-order valence-corrected chi connectivity index (χ0v) is 9.37. The number of rotatable bonds is 3. The van der Waals surface area contributed by atoms with Gasteiger partial charge in [-0.15, -0.1) is 0 Å². The first-order chi connectivity index (χ1) is 8.07. The lowest BCUT2D eigenvalue weighted by molar-refractivity contribution is -0.161. The Labute approximate surface area is 99.2 Å². The molecule has 17 heavy (non-hydrogen) atoms. The molecule has 5 heteroatoms. The number of aliphatic hydroxyl groups is 1. The van der Waals surface area contributed by atoms with Crippen LogP contribution in [-0.4, -0.2) is 40.1 Å². The van der Waals surface area contributed by atoms with Gasteiger partial charge in [-0.05, 0) is 5.56 Å². The molecule has 0 bridgehead atoms. The standard InChI is InChI=1S/C12H15NO4/c14-11(15)17-12(16)6-7-13(9-12)8-10-4-2-1-3-5-10/h1-5,16H,6-9H2,(H,14,15). The molecule has 1 heterocycles. The quantitative estimate of drug-likeness (QED) is 0.612. The maximum absolute atomic E-state index is 10.4. The molecule has 1 fully saturated rings. The summed E-state index contributed by atoms with van der Waals surface area (Å²) in [5, 5.41) is 18.4. The number of nitrogens with zero attached hydrogens (tertiary/aromatic N) is 1. The first kappa shape index (κ1) is 11.9. The van der Waals surface area contributed by atoms with Crippen molar-refractivity contribution < 1.29 is 19.7 Å². The average molecular weight is 237 g/mol. The molecule has 0 aromatic heterocycles. The molecular weight excluding hydrogens is 222 g/mol. The number of carbonyl (C=O) groups is 1. The summed E-state index contributed by atoms with van der Waals surface area (Å²) in [6.07, 6.45) is -1.12. The molecule has 1 atom stereocenters. The number of likely N-dealkylation sites (tertiary alicyclic amines) is 1. The second-order valence-electron chi connectivity index (χ2n) is 4.26. The first-order valence-electron chi connectivity index (χ1n) is 5.48. The molecule has 92 valence electrons. The van der Waals surface area contributed by atoms with E-state index in [0.29, 0.717) is 19.5 Å². The van der Waals surface area contributed by atoms with Crippen LogP contribution in [0.25, 0.3) is 0 Å². The third-order valence-corrected chi connectivity index (χ3v) is 2.82. The fourth-order valence-electron chi connectivity index (χ4n) is 2.06. The Morgan fingerprint density at radius 1 is 1.41 bits per heavy atom. The topological polar surface area (TPSA) is 70.0 Å². The Bertz CT molecular complexity index is 395. The van der Waals surface area contributed by atoms with Gasteiger partial charge in [-0.3, -0.25) is 4.90 Å². The highest BCUT2D eigenvalue weighted by atomic mass is 16.7. The lowest BCUT2D eigenvalue weighted by Gasteiger charge is -2.21. The summed E-state index contributed by atoms with van der Waals surface area (Å²) in [7, 11) is 0. The fraction of sp³-hybridized carbons (Fsp3) is 0.417. The largest absolute Gasteiger partial charge is 0.508 e. The third kappa shape index (κ3) is 3.18. The zero-order valence-electron chi connectivity index (χ0n) is 9.37. The molecule has 0 saturated carbocycles. The maximum Gasteiger partial charge on any atom is 0.508 e. The molecule has 1 unspecified atom stereocenters. The van der Waals surface area contributed by atoms with Gasteiger partial charge < -0.3 is 14.9 Å². The molecule has 0 spiro atoms. The maximum atomic E-state index is 10.4. The van der Waals surface area contributed by atoms with Crippen molar-refractivity contribution in [2.75, 3.05) is 13.1 Å². The van der Waals surface area contributed by atoms with Crippen LogP contribution in [0.2, 0.25) is 0 Å². The van der Waals surface area contributed by atoms with E-state index in [1.807, 2.05) is 35.2 Å². The van der Waals surface area contributed by atoms with Crippen molar-refractivity contribution in [2.45, 2.75) is 18.8 Å². The lowest BCUT2D eigenvalue weighted by atomic mass is 10.2. The Morgan fingerprint density at radius 3 is 2.76 bits per heavy atom. The van der Waals surface area contributed by atoms with Crippen LogP contribution in [0.15, 0.2) is 30.3 Å². The Morgan fingerprint density at radius 2 is 2.12 bits per heavy atom. The molecule has 1 aliphatic rings. The molecule has 1 saturated heterocycles. The Hall–Kier alpha value is -1.59. The highest BCUT2D eigenvalue weighted by molar-refractivity contribution is 5.57. The van der Waals surface area contributed by atoms with Crippen molar-refractivity contribution >= 4 is 6.16 Å². The molecule has 2 rings (SSSR count). The van der Waals surface area contributed by atoms with Gasteiger partial charge in [0.2, 0.25) is 5.79 Å². The van der Waals surface area contributed by atoms with Crippen molar-refractivity contribution in [2.24, 2.45) is 0 Å². The molecule has 0 radical (unpaired) electrons. The van der Waals surface area contributed by atoms with Crippen molar-refractivity contribution in [3.8, 4) is 0 Å². The lowest BCUT2D eigenvalue weighted by Crippen LogP contribution is -2.37. The highest BCUT2D eigenvalue weighted by Gasteiger charge is 2.39. The SMILES string of the molecule is O=C(O)OC1(O)CCN(Cc2ccccc2)C1. The number of β-amino-alcohol motifs (C(OH)–C–C–N with tert-alkyl or cyclic N) is 1. The van der Waals surface area contributed by atoms with Crippen molar-refractivity contribution in [3.05, 3.63) is 35.9 Å². The number of hydrogen-bond acceptors (Lipinski definition) is 4. The van der Waals surface area contributed by atoms with Crippen LogP contribution in [0.5, 0.6) is 0 Å². The van der Waals surface area contributed by atoms with Gasteiger partial charge in [-0.1, -0.05) is 30.3 Å². The summed E-state index contributed by atoms with van der Waals surface area (Å²) >= 11 is 0. The second-order valence-corrected chi connectivity index (χ2v) is 4.26. The van der Waals surface area contributed by atoms with Crippen LogP contribution < -0.4 is 0 Å². The molecule has 0 amide bonds. The molecule has 1 aromatic carbocycles. The van der Waals surface area contributed by atoms with E-state index in [1.54, 1.807) is 0 Å². The molecule has 5 nitrogen and oxygen atoms in total. The predicted molar refractivity (Wildman–Crippen MR) is 60.4 cm³/mol. The van der Waals surface area contributed by atoms with Gasteiger partial charge in [0, 0.05) is 19.5 Å². The summed E-state index contributed by atoms with van der Waals surface area (Å²) in [6.45, 7) is 1.53. The monoisotopic (exact) mass is 237 g/mol. The Kier molecular flexibility index (Phi) is 3.31. The molecule has 2 N–H and O–H groups in total. The minimum atomic E-state index is -1.55. The predicted octanol–water partition coefficient (Wildman–Crippen LogP) is 1.28. The molecule has 1 aromatic rings. The van der Waals surface area contributed by atoms with Crippen LogP contribution in [0.4, 0.5) is 4.79 Å². The average Bonchev–Trinajstić information content (AvgIpc) is 2.60. The van der Waals surface area contributed by atoms with Gasteiger partial charge >= 0.3 is 6.16 Å². The fourth-order valence-corrected chi connectivity index (χ4v) is 2.06. The second kappa shape index (κ2) is 4.73. The zero-order chi connectivity index (χ0) is 12.3. The van der Waals surface area contributed by atoms with E-state index in [2.05, 4.69) is 4.74 Å². The van der Waals surface area contributed by atoms with E-state index in [9.17, 15) is 9.90 Å². The number of benzene rings is 1. The molecule has 1 aliphatic heterocycles. The number of hydrogen-bond donors (Lipinski definition) is 2. The van der Waals surface area contributed by atoms with Crippen LogP contribution >= 0.6 is 0 Å². The van der Waals surface area contributed by atoms with Crippen LogP contribution in [-0.2, 0) is 11.3 Å². The molecule has 0 aliphatic carbocycles. The van der Waals surface area contributed by atoms with Crippen LogP contribution in [0.3, 0.4) is 0 Å². The van der Waals surface area contributed by atoms with Gasteiger partial charge in [-0.25, -0.2) is 4.79 Å². The van der Waals surface area contributed by atoms with E-state index in [4.69, 9.17) is 5.11 Å². The minimum Gasteiger partial charge on any atom is -0.450 e. The van der Waals surface area contributed by atoms with Gasteiger partial charge in [0.15, 0.2) is 0 Å². The number of ether oxygens (including phenoxy) is 1. The van der Waals surface area contributed by atoms with Crippen molar-refractivity contribution in [3.63, 3.8) is 0 Å². The van der Waals surface area contributed by atoms with E-state index < -0.39 is 11.9 Å². The highest BCUT2D eigenvalue weighted by Crippen LogP contribution is 2.24. The van der Waals surface area contributed by atoms with Crippen LogP contribution in [0, 0.1) is 0 Å². The van der Waals surface area contributed by atoms with E-state index in [0.717, 1.165) is 5.56 Å². The summed E-state index contributed by atoms with van der Waals surface area (Å²) in [5.41, 5.74) is 1.13. The van der Waals surface area contributed by atoms with Gasteiger partial charge in [0.1, 0.15) is 0 Å². The van der Waals surface area contributed by atoms with Crippen molar-refractivity contribution in [1.29, 1.82) is 0 Å². The first-order valence-corrected chi connectivity index (χ1v) is 5.48. The summed E-state index contributed by atoms with van der Waals surface area (Å²) < 4.78 is 4.50. The summed E-state index contributed by atoms with van der Waals surface area (Å²) in [6, 6.07) is 9.83. The number of carboxylic acid groups (broad SMARTS) is 1. The van der Waals surface area contributed by atoms with E-state index in [1.165, 1.54) is 0 Å². The minimum absolute atomic E-state index is 0.216. The summed E-state index contributed by atoms with van der Waals surface area (Å²) in [5.74, 6) is -1.55. The van der Waals surface area contributed by atoms with Gasteiger partial charge in [-0.2, -0.15) is 0 Å². The van der Waals surface area contributed by atoms with E-state index >= 15 is 0 Å². The van der Waals surface area contributed by atoms with Gasteiger partial charge in [0.05, 0.1) is 6.54 Å².